The molecular formula is C25H20ClN5O2S. The normalized spacial score (nSPS) is 17.9. The van der Waals surface area contributed by atoms with E-state index in [4.69, 9.17) is 28.6 Å². The van der Waals surface area contributed by atoms with Crippen molar-refractivity contribution < 1.29 is 9.53 Å². The van der Waals surface area contributed by atoms with Crippen LogP contribution in [0.4, 0.5) is 0 Å². The number of hydrogen-bond donors (Lipinski definition) is 1. The van der Waals surface area contributed by atoms with Crippen molar-refractivity contribution >= 4 is 51.5 Å². The molecular weight excluding hydrogens is 470 g/mol. The number of nitrogens with zero attached hydrogens (tertiary/aromatic N) is 4. The van der Waals surface area contributed by atoms with Gasteiger partial charge in [0.15, 0.2) is 5.82 Å². The zero-order valence-corrected chi connectivity index (χ0v) is 19.8. The van der Waals surface area contributed by atoms with Gasteiger partial charge in [-0.25, -0.2) is 9.69 Å². The van der Waals surface area contributed by atoms with Crippen molar-refractivity contribution in [3.63, 3.8) is 0 Å². The van der Waals surface area contributed by atoms with Gasteiger partial charge in [-0.1, -0.05) is 54.6 Å². The van der Waals surface area contributed by atoms with E-state index in [0.717, 1.165) is 27.4 Å². The van der Waals surface area contributed by atoms with E-state index in [9.17, 15) is 4.79 Å². The van der Waals surface area contributed by atoms with Crippen molar-refractivity contribution in [1.82, 2.24) is 19.4 Å². The molecule has 5 aromatic rings. The van der Waals surface area contributed by atoms with E-state index in [1.807, 2.05) is 48.5 Å². The van der Waals surface area contributed by atoms with Gasteiger partial charge in [-0.2, -0.15) is 5.10 Å². The van der Waals surface area contributed by atoms with Gasteiger partial charge in [0.05, 0.1) is 13.7 Å². The number of methoxy groups -OCH3 is 1. The van der Waals surface area contributed by atoms with Gasteiger partial charge in [-0.05, 0) is 30.4 Å². The molecule has 9 heteroatoms. The molecule has 34 heavy (non-hydrogen) atoms. The molecule has 0 saturated carbocycles. The topological polar surface area (TPSA) is 68.1 Å². The molecule has 3 heterocycles. The Labute approximate surface area is 205 Å². The summed E-state index contributed by atoms with van der Waals surface area (Å²) in [6, 6.07) is 23.6. The Kier molecular flexibility index (Phi) is 4.93. The third-order valence-corrected chi connectivity index (χ3v) is 7.06. The smallest absolute Gasteiger partial charge is 0.262 e. The van der Waals surface area contributed by atoms with E-state index in [2.05, 4.69) is 39.0 Å². The average molecular weight is 490 g/mol. The van der Waals surface area contributed by atoms with Crippen LogP contribution >= 0.6 is 23.8 Å². The van der Waals surface area contributed by atoms with Gasteiger partial charge < -0.3 is 9.30 Å². The Morgan fingerprint density at radius 3 is 2.29 bits per heavy atom. The summed E-state index contributed by atoms with van der Waals surface area (Å²) in [6.07, 6.45) is 0. The van der Waals surface area contributed by atoms with Crippen LogP contribution < -0.4 is 9.75 Å². The number of fused-ring (bicyclic) bond motifs is 3. The molecule has 0 aliphatic carbocycles. The van der Waals surface area contributed by atoms with Crippen LogP contribution in [0.1, 0.15) is 17.4 Å². The van der Waals surface area contributed by atoms with E-state index in [-0.39, 0.29) is 5.91 Å². The second-order valence-electron chi connectivity index (χ2n) is 8.15. The van der Waals surface area contributed by atoms with Gasteiger partial charge >= 0.3 is 0 Å². The minimum absolute atomic E-state index is 0.237. The summed E-state index contributed by atoms with van der Waals surface area (Å²) in [6.45, 7) is 0.413. The number of benzene rings is 3. The highest BCUT2D eigenvalue weighted by atomic mass is 35.5. The van der Waals surface area contributed by atoms with Gasteiger partial charge in [-0.15, -0.1) is 11.6 Å². The zero-order chi connectivity index (χ0) is 23.4. The number of H-pyrrole nitrogens is 1. The maximum Gasteiger partial charge on any atom is 0.262 e. The fourth-order valence-corrected chi connectivity index (χ4v) is 5.41. The first-order chi connectivity index (χ1) is 16.6. The zero-order valence-electron chi connectivity index (χ0n) is 18.2. The molecule has 1 N–H and O–H groups in total. The average Bonchev–Trinajstić information content (AvgIpc) is 3.39. The first-order valence-corrected chi connectivity index (χ1v) is 11.7. The number of hydrogen-bond acceptors (Lipinski definition) is 4. The van der Waals surface area contributed by atoms with Crippen molar-refractivity contribution in [1.29, 1.82) is 0 Å². The first kappa shape index (κ1) is 20.9. The van der Waals surface area contributed by atoms with Crippen LogP contribution in [0, 0.1) is 4.77 Å². The molecule has 1 fully saturated rings. The highest BCUT2D eigenvalue weighted by Gasteiger charge is 2.50. The molecule has 7 nitrogen and oxygen atoms in total. The fraction of sp³-hybridized carbons (Fsp3) is 0.160. The van der Waals surface area contributed by atoms with Crippen molar-refractivity contribution in [3.8, 4) is 5.75 Å². The quantitative estimate of drug-likeness (QED) is 0.216. The maximum atomic E-state index is 13.0. The molecule has 1 saturated heterocycles. The van der Waals surface area contributed by atoms with Crippen LogP contribution in [0.25, 0.3) is 21.8 Å². The molecule has 1 aliphatic rings. The van der Waals surface area contributed by atoms with E-state index >= 15 is 0 Å². The molecule has 2 unspecified atom stereocenters. The number of β-lactam (4-membered cyclic amide) rings is 1. The Morgan fingerprint density at radius 2 is 1.62 bits per heavy atom. The van der Waals surface area contributed by atoms with Crippen LogP contribution in [-0.2, 0) is 11.3 Å². The lowest BCUT2D eigenvalue weighted by atomic mass is 9.94. The molecule has 6 rings (SSSR count). The third kappa shape index (κ3) is 2.99. The second kappa shape index (κ2) is 8.00. The maximum absolute atomic E-state index is 13.0. The number of nitrogens with one attached hydrogen (secondary N) is 1. The van der Waals surface area contributed by atoms with Gasteiger partial charge in [0, 0.05) is 27.4 Å². The van der Waals surface area contributed by atoms with Crippen LogP contribution in [0.2, 0.25) is 0 Å². The number of amides is 1. The number of carbonyl (C=O) groups is 1. The Morgan fingerprint density at radius 1 is 1.00 bits per heavy atom. The summed E-state index contributed by atoms with van der Waals surface area (Å²) in [5.74, 6) is 1.03. The van der Waals surface area contributed by atoms with Crippen molar-refractivity contribution in [3.05, 3.63) is 89.0 Å². The number of rotatable bonds is 5. The predicted molar refractivity (Wildman–Crippen MR) is 135 cm³/mol. The Bertz CT molecular complexity index is 1570. The number of alkyl halides is 1. The first-order valence-electron chi connectivity index (χ1n) is 10.8. The van der Waals surface area contributed by atoms with Gasteiger partial charge in [0.1, 0.15) is 17.2 Å². The fourth-order valence-electron chi connectivity index (χ4n) is 4.83. The van der Waals surface area contributed by atoms with Crippen LogP contribution in [0.3, 0.4) is 0 Å². The number of aromatic nitrogens is 4. The minimum atomic E-state index is -0.728. The number of para-hydroxylation sites is 3. The van der Waals surface area contributed by atoms with E-state index in [1.165, 1.54) is 0 Å². The van der Waals surface area contributed by atoms with Crippen LogP contribution in [0.5, 0.6) is 5.75 Å². The third-order valence-electron chi connectivity index (χ3n) is 6.37. The molecule has 0 spiro atoms. The summed E-state index contributed by atoms with van der Waals surface area (Å²) in [7, 11) is 1.60. The van der Waals surface area contributed by atoms with E-state index < -0.39 is 11.4 Å². The van der Waals surface area contributed by atoms with E-state index in [0.29, 0.717) is 22.9 Å². The SMILES string of the molecule is COc1ccccc1C1C(Cl)C(=O)N1n1c(Cn2c3ccccc3c3ccccc32)n[nH]c1=S. The highest BCUT2D eigenvalue weighted by molar-refractivity contribution is 7.71. The van der Waals surface area contributed by atoms with Gasteiger partial charge in [0.25, 0.3) is 5.91 Å². The lowest BCUT2D eigenvalue weighted by Gasteiger charge is -2.44. The summed E-state index contributed by atoms with van der Waals surface area (Å²) in [4.78, 5) is 13.0. The Balaban J connectivity index is 1.48. The number of carbonyl (C=O) groups excluding carboxylic acids is 1. The standard InChI is InChI=1S/C25H20ClN5O2S/c1-33-20-13-7-4-10-17(20)23-22(26)24(32)31(23)30-21(27-28-25(30)34)14-29-18-11-5-2-8-15(18)16-9-3-6-12-19(16)29/h2-13,22-23H,14H2,1H3,(H,28,34). The lowest BCUT2D eigenvalue weighted by molar-refractivity contribution is -0.126. The molecule has 0 bridgehead atoms. The van der Waals surface area contributed by atoms with Crippen LogP contribution in [-0.4, -0.2) is 37.8 Å². The molecule has 2 atom stereocenters. The summed E-state index contributed by atoms with van der Waals surface area (Å²) >= 11 is 12.1. The molecule has 0 radical (unpaired) electrons. The highest BCUT2D eigenvalue weighted by Crippen LogP contribution is 2.41. The van der Waals surface area contributed by atoms with Crippen LogP contribution in [0.15, 0.2) is 72.8 Å². The lowest BCUT2D eigenvalue weighted by Crippen LogP contribution is -2.62. The summed E-state index contributed by atoms with van der Waals surface area (Å²) < 4.78 is 9.71. The Hall–Kier alpha value is -3.62. The van der Waals surface area contributed by atoms with Crippen molar-refractivity contribution in [2.24, 2.45) is 0 Å². The number of halogens is 1. The largest absolute Gasteiger partial charge is 0.496 e. The number of aromatic amines is 1. The molecule has 170 valence electrons. The van der Waals surface area contributed by atoms with Crippen molar-refractivity contribution in [2.75, 3.05) is 12.1 Å². The number of ether oxygens (including phenoxy) is 1. The van der Waals surface area contributed by atoms with Crippen molar-refractivity contribution in [2.45, 2.75) is 18.0 Å². The second-order valence-corrected chi connectivity index (χ2v) is 9.01. The molecule has 1 amide bonds. The molecule has 3 aromatic carbocycles. The summed E-state index contributed by atoms with van der Waals surface area (Å²) in [5, 5.41) is 10.5. The monoisotopic (exact) mass is 489 g/mol. The predicted octanol–water partition coefficient (Wildman–Crippen LogP) is 4.93. The minimum Gasteiger partial charge on any atom is -0.496 e. The van der Waals surface area contributed by atoms with Gasteiger partial charge in [0.2, 0.25) is 4.77 Å². The van der Waals surface area contributed by atoms with Gasteiger partial charge in [-0.3, -0.25) is 9.89 Å². The summed E-state index contributed by atoms with van der Waals surface area (Å²) in [5.41, 5.74) is 2.97. The van der Waals surface area contributed by atoms with E-state index in [1.54, 1.807) is 16.8 Å². The molecule has 1 aliphatic heterocycles. The molecule has 2 aromatic heterocycles.